The Labute approximate surface area is 98.7 Å². The van der Waals surface area contributed by atoms with E-state index in [9.17, 15) is 4.79 Å². The predicted octanol–water partition coefficient (Wildman–Crippen LogP) is 1.82. The maximum atomic E-state index is 10.9. The van der Waals surface area contributed by atoms with Crippen molar-refractivity contribution in [3.05, 3.63) is 23.4 Å². The van der Waals surface area contributed by atoms with Crippen molar-refractivity contribution in [3.8, 4) is 0 Å². The Morgan fingerprint density at radius 1 is 1.50 bits per heavy atom. The van der Waals surface area contributed by atoms with Gasteiger partial charge < -0.3 is 10.2 Å². The first kappa shape index (κ1) is 13.0. The van der Waals surface area contributed by atoms with Crippen molar-refractivity contribution >= 4 is 17.7 Å². The van der Waals surface area contributed by atoms with E-state index >= 15 is 0 Å². The van der Waals surface area contributed by atoms with Crippen molar-refractivity contribution in [3.63, 3.8) is 0 Å². The summed E-state index contributed by atoms with van der Waals surface area (Å²) in [6.45, 7) is 2.09. The van der Waals surface area contributed by atoms with E-state index in [1.54, 1.807) is 12.1 Å². The lowest BCUT2D eigenvalue weighted by atomic mass is 10.2. The molecule has 0 aliphatic heterocycles. The maximum absolute atomic E-state index is 10.9. The Hall–Kier alpha value is -1.07. The van der Waals surface area contributed by atoms with Gasteiger partial charge in [-0.25, -0.2) is 9.78 Å². The van der Waals surface area contributed by atoms with Crippen molar-refractivity contribution < 1.29 is 15.0 Å². The molecule has 5 heteroatoms. The molecule has 16 heavy (non-hydrogen) atoms. The van der Waals surface area contributed by atoms with Gasteiger partial charge in [0, 0.05) is 18.1 Å². The third kappa shape index (κ3) is 3.83. The number of aryl methyl sites for hydroxylation is 1. The molecule has 0 unspecified atom stereocenters. The van der Waals surface area contributed by atoms with E-state index in [1.165, 1.54) is 11.8 Å². The number of pyridine rings is 1. The molecule has 0 atom stereocenters. The summed E-state index contributed by atoms with van der Waals surface area (Å²) in [6.07, 6.45) is 1.40. The van der Waals surface area contributed by atoms with Crippen molar-refractivity contribution in [2.24, 2.45) is 0 Å². The molecule has 0 spiro atoms. The van der Waals surface area contributed by atoms with E-state index in [0.29, 0.717) is 17.9 Å². The molecule has 1 aromatic heterocycles. The highest BCUT2D eigenvalue weighted by molar-refractivity contribution is 7.99. The number of aromatic nitrogens is 1. The number of hydrogen-bond donors (Lipinski definition) is 2. The average Bonchev–Trinajstić information content (AvgIpc) is 2.29. The smallest absolute Gasteiger partial charge is 0.335 e. The van der Waals surface area contributed by atoms with E-state index in [4.69, 9.17) is 10.2 Å². The van der Waals surface area contributed by atoms with Crippen LogP contribution in [-0.2, 0) is 6.42 Å². The quantitative estimate of drug-likeness (QED) is 0.587. The van der Waals surface area contributed by atoms with E-state index in [1.807, 2.05) is 6.92 Å². The van der Waals surface area contributed by atoms with Crippen molar-refractivity contribution in [2.45, 2.75) is 24.8 Å². The van der Waals surface area contributed by atoms with Gasteiger partial charge in [-0.1, -0.05) is 6.92 Å². The van der Waals surface area contributed by atoms with Crippen molar-refractivity contribution in [2.75, 3.05) is 12.4 Å². The van der Waals surface area contributed by atoms with E-state index in [2.05, 4.69) is 4.98 Å². The van der Waals surface area contributed by atoms with Crippen LogP contribution < -0.4 is 0 Å². The van der Waals surface area contributed by atoms with E-state index in [0.717, 1.165) is 11.4 Å². The summed E-state index contributed by atoms with van der Waals surface area (Å²) in [7, 11) is 0. The molecule has 2 N–H and O–H groups in total. The summed E-state index contributed by atoms with van der Waals surface area (Å²) < 4.78 is 0. The average molecular weight is 241 g/mol. The third-order valence-corrected chi connectivity index (χ3v) is 3.01. The van der Waals surface area contributed by atoms with Gasteiger partial charge in [-0.3, -0.25) is 0 Å². The van der Waals surface area contributed by atoms with Gasteiger partial charge in [-0.05, 0) is 25.0 Å². The van der Waals surface area contributed by atoms with Gasteiger partial charge in [0.15, 0.2) is 0 Å². The minimum Gasteiger partial charge on any atom is -0.478 e. The molecule has 4 nitrogen and oxygen atoms in total. The Balaban J connectivity index is 2.82. The molecular formula is C11H15NO3S. The Bertz CT molecular complexity index is 368. The highest BCUT2D eigenvalue weighted by Crippen LogP contribution is 2.19. The molecule has 0 amide bonds. The van der Waals surface area contributed by atoms with Crippen LogP contribution in [0.5, 0.6) is 0 Å². The summed E-state index contributed by atoms with van der Waals surface area (Å²) >= 11 is 1.47. The lowest BCUT2D eigenvalue weighted by Crippen LogP contribution is -2.01. The highest BCUT2D eigenvalue weighted by Gasteiger charge is 2.07. The summed E-state index contributed by atoms with van der Waals surface area (Å²) in [5.41, 5.74) is 1.06. The van der Waals surface area contributed by atoms with E-state index in [-0.39, 0.29) is 12.2 Å². The fourth-order valence-corrected chi connectivity index (χ4v) is 2.05. The molecule has 0 saturated heterocycles. The van der Waals surface area contributed by atoms with Crippen LogP contribution in [0.25, 0.3) is 0 Å². The number of aliphatic hydroxyl groups excluding tert-OH is 1. The molecule has 0 aliphatic rings. The second kappa shape index (κ2) is 6.50. The minimum atomic E-state index is -0.930. The second-order valence-corrected chi connectivity index (χ2v) is 4.38. The molecular weight excluding hydrogens is 226 g/mol. The number of carboxylic acid groups (broad SMARTS) is 1. The van der Waals surface area contributed by atoms with Gasteiger partial charge in [0.2, 0.25) is 0 Å². The van der Waals surface area contributed by atoms with Crippen molar-refractivity contribution in [1.29, 1.82) is 0 Å². The van der Waals surface area contributed by atoms with Crippen LogP contribution in [0.4, 0.5) is 0 Å². The monoisotopic (exact) mass is 241 g/mol. The Kier molecular flexibility index (Phi) is 5.28. The Morgan fingerprint density at radius 3 is 2.81 bits per heavy atom. The zero-order chi connectivity index (χ0) is 12.0. The van der Waals surface area contributed by atoms with Crippen LogP contribution in [0.2, 0.25) is 0 Å². The van der Waals surface area contributed by atoms with Gasteiger partial charge in [0.05, 0.1) is 10.6 Å². The number of nitrogens with zero attached hydrogens (tertiary/aromatic N) is 1. The molecule has 1 rings (SSSR count). The molecule has 1 heterocycles. The summed E-state index contributed by atoms with van der Waals surface area (Å²) in [4.78, 5) is 15.2. The zero-order valence-corrected chi connectivity index (χ0v) is 9.96. The largest absolute Gasteiger partial charge is 0.478 e. The van der Waals surface area contributed by atoms with Gasteiger partial charge in [0.25, 0.3) is 0 Å². The molecule has 0 radical (unpaired) electrons. The number of carboxylic acids is 1. The number of thioether (sulfide) groups is 1. The van der Waals surface area contributed by atoms with Crippen LogP contribution in [0.1, 0.15) is 29.4 Å². The van der Waals surface area contributed by atoms with Crippen LogP contribution in [0.3, 0.4) is 0 Å². The summed E-state index contributed by atoms with van der Waals surface area (Å²) in [5.74, 6) is -0.184. The van der Waals surface area contributed by atoms with Gasteiger partial charge in [-0.15, -0.1) is 11.8 Å². The molecule has 0 fully saturated rings. The fourth-order valence-electron chi connectivity index (χ4n) is 1.18. The van der Waals surface area contributed by atoms with Crippen LogP contribution in [0, 0.1) is 0 Å². The second-order valence-electron chi connectivity index (χ2n) is 3.27. The first-order valence-corrected chi connectivity index (χ1v) is 6.13. The standard InChI is InChI=1S/C11H15NO3S/c1-2-9-6-8(11(14)15)7-10(12-9)16-5-3-4-13/h6-7,13H,2-5H2,1H3,(H,14,15). The number of aliphatic hydroxyl groups is 1. The van der Waals surface area contributed by atoms with Crippen LogP contribution >= 0.6 is 11.8 Å². The van der Waals surface area contributed by atoms with Crippen LogP contribution in [-0.4, -0.2) is 33.5 Å². The fraction of sp³-hybridized carbons (Fsp3) is 0.455. The number of aromatic carboxylic acids is 1. The first-order valence-electron chi connectivity index (χ1n) is 5.15. The molecule has 0 aliphatic carbocycles. The molecule has 0 bridgehead atoms. The van der Waals surface area contributed by atoms with Gasteiger partial charge in [-0.2, -0.15) is 0 Å². The molecule has 88 valence electrons. The molecule has 1 aromatic rings. The molecule has 0 aromatic carbocycles. The predicted molar refractivity (Wildman–Crippen MR) is 63.0 cm³/mol. The van der Waals surface area contributed by atoms with Gasteiger partial charge in [0.1, 0.15) is 0 Å². The third-order valence-electron chi connectivity index (χ3n) is 2.02. The number of carbonyl (C=O) groups is 1. The lowest BCUT2D eigenvalue weighted by molar-refractivity contribution is 0.0696. The number of rotatable bonds is 6. The summed E-state index contributed by atoms with van der Waals surface area (Å²) in [6, 6.07) is 3.17. The van der Waals surface area contributed by atoms with Crippen LogP contribution in [0.15, 0.2) is 17.2 Å². The minimum absolute atomic E-state index is 0.145. The topological polar surface area (TPSA) is 70.4 Å². The SMILES string of the molecule is CCc1cc(C(=O)O)cc(SCCCO)n1. The Morgan fingerprint density at radius 2 is 2.25 bits per heavy atom. The zero-order valence-electron chi connectivity index (χ0n) is 9.14. The normalized spacial score (nSPS) is 10.4. The van der Waals surface area contributed by atoms with E-state index < -0.39 is 5.97 Å². The van der Waals surface area contributed by atoms with Gasteiger partial charge >= 0.3 is 5.97 Å². The molecule has 0 saturated carbocycles. The first-order chi connectivity index (χ1) is 7.67. The lowest BCUT2D eigenvalue weighted by Gasteiger charge is -2.04. The summed E-state index contributed by atoms with van der Waals surface area (Å²) in [5, 5.41) is 18.3. The number of hydrogen-bond acceptors (Lipinski definition) is 4. The maximum Gasteiger partial charge on any atom is 0.335 e. The van der Waals surface area contributed by atoms with Crippen molar-refractivity contribution in [1.82, 2.24) is 4.98 Å². The highest BCUT2D eigenvalue weighted by atomic mass is 32.2.